The molecule has 0 saturated carbocycles. The molecule has 0 aromatic heterocycles. The van der Waals surface area contributed by atoms with Gasteiger partial charge in [-0.05, 0) is 31.4 Å². The van der Waals surface area contributed by atoms with Crippen LogP contribution in [0.5, 0.6) is 5.75 Å². The number of carbonyl (C=O) groups excluding carboxylic acids is 1. The lowest BCUT2D eigenvalue weighted by Crippen LogP contribution is -2.40. The van der Waals surface area contributed by atoms with Gasteiger partial charge in [-0.25, -0.2) is 4.39 Å². The summed E-state index contributed by atoms with van der Waals surface area (Å²) in [5, 5.41) is 2.80. The predicted octanol–water partition coefficient (Wildman–Crippen LogP) is 2.28. The summed E-state index contributed by atoms with van der Waals surface area (Å²) < 4.78 is 24.4. The van der Waals surface area contributed by atoms with Crippen LogP contribution >= 0.6 is 0 Å². The molecule has 0 spiro atoms. The van der Waals surface area contributed by atoms with Gasteiger partial charge in [0.15, 0.2) is 11.6 Å². The molecule has 2 rings (SSSR count). The number of amides is 1. The molecule has 1 aromatic carbocycles. The van der Waals surface area contributed by atoms with Crippen LogP contribution in [0.2, 0.25) is 0 Å². The summed E-state index contributed by atoms with van der Waals surface area (Å²) in [4.78, 5) is 11.8. The molecule has 2 atom stereocenters. The van der Waals surface area contributed by atoms with E-state index < -0.39 is 5.82 Å². The van der Waals surface area contributed by atoms with Crippen molar-refractivity contribution in [2.75, 3.05) is 13.2 Å². The Labute approximate surface area is 118 Å². The molecule has 1 N–H and O–H groups in total. The van der Waals surface area contributed by atoms with E-state index in [2.05, 4.69) is 5.32 Å². The standard InChI is InChI=1S/C15H20FNO3/c1-2-11(20-13-7-4-3-6-12(13)16)10-17-15(18)14-8-5-9-19-14/h3-4,6-7,11,14H,2,5,8-10H2,1H3,(H,17,18)/t11-,14+/m1/s1. The number of carbonyl (C=O) groups is 1. The summed E-state index contributed by atoms with van der Waals surface area (Å²) in [6.07, 6.45) is 1.76. The number of halogens is 1. The Bertz CT molecular complexity index is 446. The fraction of sp³-hybridized carbons (Fsp3) is 0.533. The monoisotopic (exact) mass is 281 g/mol. The van der Waals surface area contributed by atoms with Gasteiger partial charge in [-0.2, -0.15) is 0 Å². The molecule has 0 unspecified atom stereocenters. The van der Waals surface area contributed by atoms with Gasteiger partial charge in [-0.3, -0.25) is 4.79 Å². The highest BCUT2D eigenvalue weighted by atomic mass is 19.1. The van der Waals surface area contributed by atoms with Crippen molar-refractivity contribution in [2.24, 2.45) is 0 Å². The minimum Gasteiger partial charge on any atom is -0.486 e. The Morgan fingerprint density at radius 1 is 1.55 bits per heavy atom. The SMILES string of the molecule is CC[C@H](CNC(=O)[C@@H]1CCCO1)Oc1ccccc1F. The van der Waals surface area contributed by atoms with Gasteiger partial charge in [0, 0.05) is 6.61 Å². The van der Waals surface area contributed by atoms with E-state index in [1.807, 2.05) is 6.92 Å². The van der Waals surface area contributed by atoms with E-state index in [1.54, 1.807) is 18.2 Å². The maximum Gasteiger partial charge on any atom is 0.249 e. The summed E-state index contributed by atoms with van der Waals surface area (Å²) in [5.41, 5.74) is 0. The summed E-state index contributed by atoms with van der Waals surface area (Å²) in [6.45, 7) is 2.92. The summed E-state index contributed by atoms with van der Waals surface area (Å²) >= 11 is 0. The average Bonchev–Trinajstić information content (AvgIpc) is 2.99. The third-order valence-corrected chi connectivity index (χ3v) is 3.31. The molecular weight excluding hydrogens is 261 g/mol. The molecule has 5 heteroatoms. The number of ether oxygens (including phenoxy) is 2. The zero-order valence-electron chi connectivity index (χ0n) is 11.6. The van der Waals surface area contributed by atoms with Crippen LogP contribution in [0.25, 0.3) is 0 Å². The van der Waals surface area contributed by atoms with Crippen LogP contribution in [0.1, 0.15) is 26.2 Å². The Morgan fingerprint density at radius 2 is 2.35 bits per heavy atom. The van der Waals surface area contributed by atoms with E-state index in [0.717, 1.165) is 12.8 Å². The molecular formula is C15H20FNO3. The van der Waals surface area contributed by atoms with Crippen molar-refractivity contribution in [1.82, 2.24) is 5.32 Å². The molecule has 1 aliphatic rings. The minimum absolute atomic E-state index is 0.113. The van der Waals surface area contributed by atoms with Gasteiger partial charge in [-0.1, -0.05) is 19.1 Å². The van der Waals surface area contributed by atoms with Gasteiger partial charge in [0.1, 0.15) is 12.2 Å². The fourth-order valence-corrected chi connectivity index (χ4v) is 2.10. The molecule has 20 heavy (non-hydrogen) atoms. The van der Waals surface area contributed by atoms with Gasteiger partial charge in [0.25, 0.3) is 0 Å². The zero-order chi connectivity index (χ0) is 14.4. The molecule has 1 aliphatic heterocycles. The van der Waals surface area contributed by atoms with Crippen molar-refractivity contribution in [3.05, 3.63) is 30.1 Å². The third kappa shape index (κ3) is 3.93. The first-order valence-electron chi connectivity index (χ1n) is 7.01. The molecule has 4 nitrogen and oxygen atoms in total. The first-order chi connectivity index (χ1) is 9.70. The molecule has 1 aromatic rings. The van der Waals surface area contributed by atoms with Crippen LogP contribution in [0.4, 0.5) is 4.39 Å². The second-order valence-electron chi connectivity index (χ2n) is 4.83. The van der Waals surface area contributed by atoms with Crippen LogP contribution in [-0.4, -0.2) is 31.3 Å². The van der Waals surface area contributed by atoms with Gasteiger partial charge in [0.05, 0.1) is 6.54 Å². The second kappa shape index (κ2) is 7.24. The summed E-state index contributed by atoms with van der Waals surface area (Å²) in [7, 11) is 0. The number of hydrogen-bond donors (Lipinski definition) is 1. The molecule has 110 valence electrons. The highest BCUT2D eigenvalue weighted by Gasteiger charge is 2.24. The smallest absolute Gasteiger partial charge is 0.249 e. The van der Waals surface area contributed by atoms with Gasteiger partial charge < -0.3 is 14.8 Å². The molecule has 0 aliphatic carbocycles. The second-order valence-corrected chi connectivity index (χ2v) is 4.83. The topological polar surface area (TPSA) is 47.6 Å². The van der Waals surface area contributed by atoms with Crippen LogP contribution in [0.15, 0.2) is 24.3 Å². The number of para-hydroxylation sites is 1. The Morgan fingerprint density at radius 3 is 3.00 bits per heavy atom. The maximum absolute atomic E-state index is 13.5. The number of benzene rings is 1. The first-order valence-corrected chi connectivity index (χ1v) is 7.01. The van der Waals surface area contributed by atoms with Crippen LogP contribution in [0.3, 0.4) is 0 Å². The van der Waals surface area contributed by atoms with Crippen LogP contribution in [0, 0.1) is 5.82 Å². The summed E-state index contributed by atoms with van der Waals surface area (Å²) in [5.74, 6) is -0.291. The predicted molar refractivity (Wildman–Crippen MR) is 73.1 cm³/mol. The quantitative estimate of drug-likeness (QED) is 0.870. The van der Waals surface area contributed by atoms with Crippen molar-refractivity contribution in [2.45, 2.75) is 38.4 Å². The van der Waals surface area contributed by atoms with Crippen molar-refractivity contribution in [1.29, 1.82) is 0 Å². The van der Waals surface area contributed by atoms with Gasteiger partial charge in [-0.15, -0.1) is 0 Å². The lowest BCUT2D eigenvalue weighted by atomic mass is 10.2. The van der Waals surface area contributed by atoms with Gasteiger partial charge >= 0.3 is 0 Å². The normalized spacial score (nSPS) is 19.6. The molecule has 1 amide bonds. The number of hydrogen-bond acceptors (Lipinski definition) is 3. The van der Waals surface area contributed by atoms with Crippen LogP contribution in [-0.2, 0) is 9.53 Å². The largest absolute Gasteiger partial charge is 0.486 e. The van der Waals surface area contributed by atoms with Crippen molar-refractivity contribution in [3.63, 3.8) is 0 Å². The van der Waals surface area contributed by atoms with Crippen molar-refractivity contribution < 1.29 is 18.7 Å². The third-order valence-electron chi connectivity index (χ3n) is 3.31. The van der Waals surface area contributed by atoms with E-state index in [4.69, 9.17) is 9.47 Å². The van der Waals surface area contributed by atoms with E-state index in [9.17, 15) is 9.18 Å². The number of nitrogens with one attached hydrogen (secondary N) is 1. The number of rotatable bonds is 6. The Hall–Kier alpha value is -1.62. The fourth-order valence-electron chi connectivity index (χ4n) is 2.10. The highest BCUT2D eigenvalue weighted by Crippen LogP contribution is 2.18. The maximum atomic E-state index is 13.5. The van der Waals surface area contributed by atoms with E-state index in [1.165, 1.54) is 6.07 Å². The Kier molecular flexibility index (Phi) is 5.35. The molecule has 1 heterocycles. The lowest BCUT2D eigenvalue weighted by Gasteiger charge is -2.19. The first kappa shape index (κ1) is 14.8. The molecule has 0 radical (unpaired) electrons. The van der Waals surface area contributed by atoms with Crippen molar-refractivity contribution >= 4 is 5.91 Å². The Balaban J connectivity index is 1.83. The van der Waals surface area contributed by atoms with Crippen LogP contribution < -0.4 is 10.1 Å². The van der Waals surface area contributed by atoms with E-state index in [0.29, 0.717) is 19.6 Å². The van der Waals surface area contributed by atoms with E-state index >= 15 is 0 Å². The minimum atomic E-state index is -0.392. The molecule has 1 fully saturated rings. The molecule has 1 saturated heterocycles. The molecule has 0 bridgehead atoms. The van der Waals surface area contributed by atoms with Gasteiger partial charge in [0.2, 0.25) is 5.91 Å². The van der Waals surface area contributed by atoms with Crippen molar-refractivity contribution in [3.8, 4) is 5.75 Å². The zero-order valence-corrected chi connectivity index (χ0v) is 11.6. The lowest BCUT2D eigenvalue weighted by molar-refractivity contribution is -0.130. The summed E-state index contributed by atoms with van der Waals surface area (Å²) in [6, 6.07) is 6.27. The average molecular weight is 281 g/mol. The highest BCUT2D eigenvalue weighted by molar-refractivity contribution is 5.80. The van der Waals surface area contributed by atoms with E-state index in [-0.39, 0.29) is 23.9 Å².